The highest BCUT2D eigenvalue weighted by atomic mass is 32.1. The molecule has 1 heterocycles. The zero-order valence-corrected chi connectivity index (χ0v) is 10.3. The van der Waals surface area contributed by atoms with E-state index in [0.29, 0.717) is 0 Å². The van der Waals surface area contributed by atoms with Crippen molar-refractivity contribution < 1.29 is 0 Å². The minimum Gasteiger partial charge on any atom is -0.363 e. The van der Waals surface area contributed by atoms with Gasteiger partial charge in [0, 0.05) is 13.6 Å². The summed E-state index contributed by atoms with van der Waals surface area (Å²) in [6, 6.07) is 0. The summed E-state index contributed by atoms with van der Waals surface area (Å²) in [6.45, 7) is 4.43. The largest absolute Gasteiger partial charge is 0.363 e. The highest BCUT2D eigenvalue weighted by molar-refractivity contribution is 7.15. The van der Waals surface area contributed by atoms with E-state index in [4.69, 9.17) is 0 Å². The number of hydrogen-bond acceptors (Lipinski definition) is 5. The van der Waals surface area contributed by atoms with Crippen LogP contribution in [0.1, 0.15) is 18.4 Å². The summed E-state index contributed by atoms with van der Waals surface area (Å²) in [5, 5.41) is 13.2. The molecule has 84 valence electrons. The number of aromatic nitrogens is 2. The molecule has 0 amide bonds. The minimum atomic E-state index is 0.901. The van der Waals surface area contributed by atoms with Gasteiger partial charge in [-0.1, -0.05) is 18.3 Å². The molecule has 0 spiro atoms. The highest BCUT2D eigenvalue weighted by Gasteiger charge is 2.33. The third kappa shape index (κ3) is 2.89. The molecule has 1 saturated carbocycles. The first-order valence-electron chi connectivity index (χ1n) is 5.37. The molecular formula is C10H18N4S. The summed E-state index contributed by atoms with van der Waals surface area (Å²) in [4.78, 5) is 2.34. The SMILES string of the molecule is CNc1nnc(CN(C)CC2CC2C)s1. The smallest absolute Gasteiger partial charge is 0.205 e. The van der Waals surface area contributed by atoms with Gasteiger partial charge in [0.2, 0.25) is 5.13 Å². The van der Waals surface area contributed by atoms with Crippen LogP contribution < -0.4 is 5.32 Å². The van der Waals surface area contributed by atoms with Gasteiger partial charge < -0.3 is 5.32 Å². The van der Waals surface area contributed by atoms with Crippen molar-refractivity contribution in [2.24, 2.45) is 11.8 Å². The van der Waals surface area contributed by atoms with E-state index >= 15 is 0 Å². The van der Waals surface area contributed by atoms with Gasteiger partial charge in [0.1, 0.15) is 5.01 Å². The van der Waals surface area contributed by atoms with Crippen molar-refractivity contribution in [1.82, 2.24) is 15.1 Å². The van der Waals surface area contributed by atoms with Crippen molar-refractivity contribution in [1.29, 1.82) is 0 Å². The molecule has 1 N–H and O–H groups in total. The van der Waals surface area contributed by atoms with Gasteiger partial charge in [-0.15, -0.1) is 10.2 Å². The Morgan fingerprint density at radius 2 is 2.27 bits per heavy atom. The number of nitrogens with zero attached hydrogens (tertiary/aromatic N) is 3. The van der Waals surface area contributed by atoms with Crippen LogP contribution in [0.4, 0.5) is 5.13 Å². The van der Waals surface area contributed by atoms with E-state index in [1.54, 1.807) is 11.3 Å². The average Bonchev–Trinajstić information content (AvgIpc) is 2.72. The first-order chi connectivity index (χ1) is 7.19. The average molecular weight is 226 g/mol. The number of anilines is 1. The Balaban J connectivity index is 1.80. The first-order valence-corrected chi connectivity index (χ1v) is 6.19. The summed E-state index contributed by atoms with van der Waals surface area (Å²) < 4.78 is 0. The van der Waals surface area contributed by atoms with Crippen LogP contribution in [0, 0.1) is 11.8 Å². The summed E-state index contributed by atoms with van der Waals surface area (Å²) in [6.07, 6.45) is 1.39. The van der Waals surface area contributed by atoms with Gasteiger partial charge in [0.05, 0.1) is 6.54 Å². The molecular weight excluding hydrogens is 208 g/mol. The molecule has 1 aliphatic rings. The van der Waals surface area contributed by atoms with Gasteiger partial charge >= 0.3 is 0 Å². The predicted molar refractivity (Wildman–Crippen MR) is 63.1 cm³/mol. The Hall–Kier alpha value is -0.680. The van der Waals surface area contributed by atoms with Gasteiger partial charge in [0.15, 0.2) is 0 Å². The molecule has 0 aromatic carbocycles. The molecule has 1 fully saturated rings. The monoisotopic (exact) mass is 226 g/mol. The first kappa shape index (κ1) is 10.8. The third-order valence-electron chi connectivity index (χ3n) is 2.91. The molecule has 0 saturated heterocycles. The molecule has 2 unspecified atom stereocenters. The van der Waals surface area contributed by atoms with Crippen LogP contribution in [0.25, 0.3) is 0 Å². The van der Waals surface area contributed by atoms with Crippen LogP contribution in [0.15, 0.2) is 0 Å². The van der Waals surface area contributed by atoms with E-state index in [-0.39, 0.29) is 0 Å². The molecule has 2 rings (SSSR count). The zero-order chi connectivity index (χ0) is 10.8. The Morgan fingerprint density at radius 3 is 2.80 bits per heavy atom. The lowest BCUT2D eigenvalue weighted by atomic mass is 10.3. The van der Waals surface area contributed by atoms with Gasteiger partial charge in [-0.2, -0.15) is 0 Å². The minimum absolute atomic E-state index is 0.901. The molecule has 1 aromatic rings. The van der Waals surface area contributed by atoms with Gasteiger partial charge in [-0.3, -0.25) is 4.90 Å². The van der Waals surface area contributed by atoms with Crippen molar-refractivity contribution in [2.45, 2.75) is 19.9 Å². The van der Waals surface area contributed by atoms with Crippen molar-refractivity contribution in [3.8, 4) is 0 Å². The van der Waals surface area contributed by atoms with E-state index in [0.717, 1.165) is 28.5 Å². The lowest BCUT2D eigenvalue weighted by Gasteiger charge is -2.13. The topological polar surface area (TPSA) is 41.1 Å². The fourth-order valence-corrected chi connectivity index (χ4v) is 2.54. The van der Waals surface area contributed by atoms with E-state index < -0.39 is 0 Å². The Kier molecular flexibility index (Phi) is 3.21. The maximum absolute atomic E-state index is 4.14. The van der Waals surface area contributed by atoms with E-state index in [1.165, 1.54) is 13.0 Å². The number of nitrogens with one attached hydrogen (secondary N) is 1. The normalized spacial score (nSPS) is 24.5. The molecule has 15 heavy (non-hydrogen) atoms. The van der Waals surface area contributed by atoms with Crippen LogP contribution in [0.3, 0.4) is 0 Å². The summed E-state index contributed by atoms with van der Waals surface area (Å²) in [5.41, 5.74) is 0. The Morgan fingerprint density at radius 1 is 1.53 bits per heavy atom. The lowest BCUT2D eigenvalue weighted by molar-refractivity contribution is 0.306. The molecule has 4 nitrogen and oxygen atoms in total. The van der Waals surface area contributed by atoms with Crippen molar-refractivity contribution in [2.75, 3.05) is 26.0 Å². The highest BCUT2D eigenvalue weighted by Crippen LogP contribution is 2.38. The quantitative estimate of drug-likeness (QED) is 0.829. The van der Waals surface area contributed by atoms with Crippen LogP contribution >= 0.6 is 11.3 Å². The van der Waals surface area contributed by atoms with Crippen molar-refractivity contribution in [3.05, 3.63) is 5.01 Å². The molecule has 2 atom stereocenters. The van der Waals surface area contributed by atoms with Crippen LogP contribution in [-0.4, -0.2) is 35.7 Å². The Bertz CT molecular complexity index is 325. The molecule has 0 bridgehead atoms. The third-order valence-corrected chi connectivity index (χ3v) is 3.83. The second-order valence-corrected chi connectivity index (χ2v) is 5.48. The molecule has 5 heteroatoms. The van der Waals surface area contributed by atoms with Gasteiger partial charge in [0.25, 0.3) is 0 Å². The maximum Gasteiger partial charge on any atom is 0.205 e. The summed E-state index contributed by atoms with van der Waals surface area (Å²) in [7, 11) is 4.03. The molecule has 1 aliphatic carbocycles. The standard InChI is InChI=1S/C10H18N4S/c1-7-4-8(7)5-14(3)6-9-12-13-10(11-2)15-9/h7-8H,4-6H2,1-3H3,(H,11,13). The van der Waals surface area contributed by atoms with Crippen LogP contribution in [-0.2, 0) is 6.54 Å². The molecule has 0 radical (unpaired) electrons. The fourth-order valence-electron chi connectivity index (χ4n) is 1.77. The van der Waals surface area contributed by atoms with E-state index in [9.17, 15) is 0 Å². The fraction of sp³-hybridized carbons (Fsp3) is 0.800. The Labute approximate surface area is 94.7 Å². The maximum atomic E-state index is 4.14. The molecule has 1 aromatic heterocycles. The van der Waals surface area contributed by atoms with Crippen molar-refractivity contribution >= 4 is 16.5 Å². The zero-order valence-electron chi connectivity index (χ0n) is 9.53. The van der Waals surface area contributed by atoms with Crippen molar-refractivity contribution in [3.63, 3.8) is 0 Å². The summed E-state index contributed by atoms with van der Waals surface area (Å²) >= 11 is 1.63. The van der Waals surface area contributed by atoms with E-state index in [1.807, 2.05) is 7.05 Å². The lowest BCUT2D eigenvalue weighted by Crippen LogP contribution is -2.20. The predicted octanol–water partition coefficient (Wildman–Crippen LogP) is 1.67. The van der Waals surface area contributed by atoms with Crippen LogP contribution in [0.2, 0.25) is 0 Å². The molecule has 0 aliphatic heterocycles. The second kappa shape index (κ2) is 4.45. The van der Waals surface area contributed by atoms with Crippen LogP contribution in [0.5, 0.6) is 0 Å². The van der Waals surface area contributed by atoms with Gasteiger partial charge in [-0.25, -0.2) is 0 Å². The number of rotatable bonds is 5. The number of hydrogen-bond donors (Lipinski definition) is 1. The van der Waals surface area contributed by atoms with E-state index in [2.05, 4.69) is 34.4 Å². The van der Waals surface area contributed by atoms with Gasteiger partial charge in [-0.05, 0) is 25.3 Å². The summed E-state index contributed by atoms with van der Waals surface area (Å²) in [5.74, 6) is 1.83. The second-order valence-electron chi connectivity index (χ2n) is 4.42.